The van der Waals surface area contributed by atoms with Crippen molar-refractivity contribution in [3.8, 4) is 0 Å². The van der Waals surface area contributed by atoms with Gasteiger partial charge in [0, 0.05) is 100 Å². The van der Waals surface area contributed by atoms with E-state index in [0.717, 1.165) is 0 Å². The molecule has 0 aromatic heterocycles. The van der Waals surface area contributed by atoms with E-state index in [-0.39, 0.29) is 100 Å². The van der Waals surface area contributed by atoms with Gasteiger partial charge in [-0.15, -0.1) is 0 Å². The minimum absolute atomic E-state index is 0. The van der Waals surface area contributed by atoms with Crippen LogP contribution in [0.5, 0.6) is 0 Å². The first kappa shape index (κ1) is 28.5. The van der Waals surface area contributed by atoms with E-state index in [1.54, 1.807) is 0 Å². The maximum Gasteiger partial charge on any atom is 0 e. The molecule has 9 radical (unpaired) electrons. The Balaban J connectivity index is 0. The van der Waals surface area contributed by atoms with E-state index in [4.69, 9.17) is 0 Å². The Morgan fingerprint density at radius 2 is 1.00 bits per heavy atom. The van der Waals surface area contributed by atoms with Gasteiger partial charge in [0.05, 0.1) is 0 Å². The van der Waals surface area contributed by atoms with Crippen molar-refractivity contribution in [3.63, 3.8) is 0 Å². The summed E-state index contributed by atoms with van der Waals surface area (Å²) in [6.07, 6.45) is 0. The predicted octanol–water partition coefficient (Wildman–Crippen LogP) is -1.52. The maximum absolute atomic E-state index is 0. The Labute approximate surface area is 97.8 Å². The SMILES string of the molecule is [B].[K].[Na].[Si]. The van der Waals surface area contributed by atoms with Crippen molar-refractivity contribution in [2.75, 3.05) is 0 Å². The minimum Gasteiger partial charge on any atom is 0 e. The van der Waals surface area contributed by atoms with Gasteiger partial charge in [-0.1, -0.05) is 0 Å². The van der Waals surface area contributed by atoms with E-state index in [9.17, 15) is 0 Å². The molecule has 0 unspecified atom stereocenters. The van der Waals surface area contributed by atoms with Crippen LogP contribution in [0.3, 0.4) is 0 Å². The molecule has 4 heteroatoms. The fourth-order valence-corrected chi connectivity index (χ4v) is 0. The summed E-state index contributed by atoms with van der Waals surface area (Å²) >= 11 is 0. The first-order chi connectivity index (χ1) is 0. The van der Waals surface area contributed by atoms with E-state index in [1.807, 2.05) is 0 Å². The van der Waals surface area contributed by atoms with Gasteiger partial charge in [-0.2, -0.15) is 0 Å². The monoisotopic (exact) mass is 101 g/mol. The topological polar surface area (TPSA) is 0 Å². The summed E-state index contributed by atoms with van der Waals surface area (Å²) in [5.74, 6) is 0. The second-order valence-corrected chi connectivity index (χ2v) is 0. The molecule has 9 valence electrons. The summed E-state index contributed by atoms with van der Waals surface area (Å²) in [6, 6.07) is 0. The summed E-state index contributed by atoms with van der Waals surface area (Å²) in [5.41, 5.74) is 0. The maximum atomic E-state index is 0. The van der Waals surface area contributed by atoms with Crippen LogP contribution in [0.25, 0.3) is 0 Å². The standard InChI is InChI=1S/B.K.Na.Si. The first-order valence-corrected chi connectivity index (χ1v) is 0. The van der Waals surface area contributed by atoms with E-state index in [1.165, 1.54) is 0 Å². The predicted molar refractivity (Wildman–Crippen MR) is 23.0 cm³/mol. The summed E-state index contributed by atoms with van der Waals surface area (Å²) in [7, 11) is 0. The minimum atomic E-state index is 0. The van der Waals surface area contributed by atoms with Gasteiger partial charge in [0.2, 0.25) is 0 Å². The van der Waals surface area contributed by atoms with Gasteiger partial charge >= 0.3 is 0 Å². The molecule has 0 aliphatic heterocycles. The third-order valence-electron chi connectivity index (χ3n) is 0. The molecule has 0 aliphatic rings. The molecule has 0 nitrogen and oxygen atoms in total. The zero-order valence-electron chi connectivity index (χ0n) is 3.08. The summed E-state index contributed by atoms with van der Waals surface area (Å²) in [6.45, 7) is 0. The summed E-state index contributed by atoms with van der Waals surface area (Å²) in [5, 5.41) is 0. The molecule has 0 rings (SSSR count). The zero-order chi connectivity index (χ0) is 0. The van der Waals surface area contributed by atoms with Crippen LogP contribution in [0.2, 0.25) is 0 Å². The van der Waals surface area contributed by atoms with Crippen molar-refractivity contribution in [1.82, 2.24) is 0 Å². The van der Waals surface area contributed by atoms with Crippen molar-refractivity contribution >= 4 is 100 Å². The van der Waals surface area contributed by atoms with Crippen molar-refractivity contribution in [1.29, 1.82) is 0 Å². The fraction of sp³-hybridized carbons (Fsp3) is 0. The smallest absolute Gasteiger partial charge is 0 e. The Kier molecular flexibility index (Phi) is 120. The average Bonchev–Trinajstić information content (AvgIpc) is 0. The number of hydrogen-bond acceptors (Lipinski definition) is 0. The Morgan fingerprint density at radius 3 is 1.00 bits per heavy atom. The van der Waals surface area contributed by atoms with Crippen molar-refractivity contribution in [3.05, 3.63) is 0 Å². The van der Waals surface area contributed by atoms with Gasteiger partial charge in [0.25, 0.3) is 0 Å². The molecule has 0 heterocycles. The second kappa shape index (κ2) is 16.8. The van der Waals surface area contributed by atoms with Gasteiger partial charge in [-0.25, -0.2) is 0 Å². The number of rotatable bonds is 0. The van der Waals surface area contributed by atoms with Gasteiger partial charge < -0.3 is 0 Å². The zero-order valence-corrected chi connectivity index (χ0v) is 9.20. The molecule has 0 N–H and O–H groups in total. The Bertz CT molecular complexity index is 8.00. The van der Waals surface area contributed by atoms with Crippen LogP contribution < -0.4 is 0 Å². The summed E-state index contributed by atoms with van der Waals surface area (Å²) in [4.78, 5) is 0. The van der Waals surface area contributed by atoms with Crippen molar-refractivity contribution < 1.29 is 0 Å². The molecular formula is BKNaSi. The van der Waals surface area contributed by atoms with Crippen LogP contribution in [0.1, 0.15) is 0 Å². The Hall–Kier alpha value is 2.92. The van der Waals surface area contributed by atoms with Gasteiger partial charge in [0.1, 0.15) is 0 Å². The van der Waals surface area contributed by atoms with Gasteiger partial charge in [-0.3, -0.25) is 0 Å². The van der Waals surface area contributed by atoms with Crippen molar-refractivity contribution in [2.24, 2.45) is 0 Å². The molecule has 0 fully saturated rings. The van der Waals surface area contributed by atoms with Gasteiger partial charge in [0.15, 0.2) is 0 Å². The third-order valence-corrected chi connectivity index (χ3v) is 0. The normalized spacial score (nSPS) is 0. The van der Waals surface area contributed by atoms with Crippen molar-refractivity contribution in [2.45, 2.75) is 0 Å². The third kappa shape index (κ3) is 8.87. The quantitative estimate of drug-likeness (QED) is 0.325. The molecule has 0 saturated heterocycles. The van der Waals surface area contributed by atoms with Gasteiger partial charge in [-0.05, 0) is 0 Å². The molecule has 0 saturated carbocycles. The molecule has 0 spiro atoms. The molecule has 0 aliphatic carbocycles. The van der Waals surface area contributed by atoms with Crippen LogP contribution in [0.4, 0.5) is 0 Å². The Morgan fingerprint density at radius 1 is 1.00 bits per heavy atom. The molecule has 0 atom stereocenters. The van der Waals surface area contributed by atoms with E-state index in [2.05, 4.69) is 0 Å². The van der Waals surface area contributed by atoms with Crippen LogP contribution >= 0.6 is 0 Å². The van der Waals surface area contributed by atoms with Crippen LogP contribution in [0.15, 0.2) is 0 Å². The van der Waals surface area contributed by atoms with E-state index < -0.39 is 0 Å². The second-order valence-electron chi connectivity index (χ2n) is 0. The van der Waals surface area contributed by atoms with Crippen LogP contribution in [-0.4, -0.2) is 100 Å². The largest absolute Gasteiger partial charge is 0 e. The van der Waals surface area contributed by atoms with Crippen LogP contribution in [-0.2, 0) is 0 Å². The molecule has 0 aromatic carbocycles. The first-order valence-electron chi connectivity index (χ1n) is 0. The van der Waals surface area contributed by atoms with E-state index >= 15 is 0 Å². The molecule has 4 heavy (non-hydrogen) atoms. The molecule has 0 amide bonds. The average molecular weight is 101 g/mol. The summed E-state index contributed by atoms with van der Waals surface area (Å²) < 4.78 is 0. The molecule has 0 aromatic rings. The molecular weight excluding hydrogens is 101 g/mol. The van der Waals surface area contributed by atoms with E-state index in [0.29, 0.717) is 0 Å². The van der Waals surface area contributed by atoms with Crippen LogP contribution in [0, 0.1) is 0 Å². The molecule has 0 bridgehead atoms. The fourth-order valence-electron chi connectivity index (χ4n) is 0. The number of hydrogen-bond donors (Lipinski definition) is 0.